The SMILES string of the molecule is C=CC(C)N1C(=O)[C@H](Oc2ccccc2)[C@@H]1[C@@H](CC(=C)Br)OC(C)=O. The Kier molecular flexibility index (Phi) is 6.42. The van der Waals surface area contributed by atoms with Crippen molar-refractivity contribution in [3.05, 3.63) is 54.0 Å². The van der Waals surface area contributed by atoms with Crippen molar-refractivity contribution in [3.8, 4) is 5.75 Å². The van der Waals surface area contributed by atoms with Crippen LogP contribution in [0.1, 0.15) is 20.3 Å². The van der Waals surface area contributed by atoms with Gasteiger partial charge in [0.15, 0.2) is 0 Å². The molecule has 0 aliphatic carbocycles. The van der Waals surface area contributed by atoms with Crippen molar-refractivity contribution >= 4 is 27.8 Å². The normalized spacial score (nSPS) is 21.7. The Morgan fingerprint density at radius 1 is 1.40 bits per heavy atom. The van der Waals surface area contributed by atoms with Gasteiger partial charge in [-0.05, 0) is 23.5 Å². The lowest BCUT2D eigenvalue weighted by Gasteiger charge is -2.51. The fourth-order valence-corrected chi connectivity index (χ4v) is 3.21. The lowest BCUT2D eigenvalue weighted by Crippen LogP contribution is -2.73. The maximum atomic E-state index is 12.6. The third-order valence-electron chi connectivity index (χ3n) is 4.04. The molecule has 6 heteroatoms. The topological polar surface area (TPSA) is 55.8 Å². The Hall–Kier alpha value is -2.08. The highest BCUT2D eigenvalue weighted by Gasteiger charge is 2.55. The Balaban J connectivity index is 2.29. The van der Waals surface area contributed by atoms with Crippen molar-refractivity contribution < 1.29 is 19.1 Å². The standard InChI is InChI=1S/C19H22BrNO4/c1-5-13(3)21-17(16(11-12(2)20)24-14(4)22)18(19(21)23)25-15-9-7-6-8-10-15/h5-10,13,16-18H,1-2,11H2,3-4H3/t13?,16-,17+,18-/m1/s1. The molecule has 1 aromatic rings. The molecule has 0 spiro atoms. The zero-order valence-corrected chi connectivity index (χ0v) is 15.9. The number of hydrogen-bond acceptors (Lipinski definition) is 4. The number of halogens is 1. The molecule has 1 fully saturated rings. The molecular formula is C19H22BrNO4. The molecule has 4 atom stereocenters. The van der Waals surface area contributed by atoms with Crippen LogP contribution in [-0.4, -0.2) is 41.1 Å². The molecule has 0 N–H and O–H groups in total. The van der Waals surface area contributed by atoms with Crippen LogP contribution in [0.2, 0.25) is 0 Å². The highest BCUT2D eigenvalue weighted by molar-refractivity contribution is 9.11. The number of para-hydroxylation sites is 1. The number of nitrogens with zero attached hydrogens (tertiary/aromatic N) is 1. The number of rotatable bonds is 8. The van der Waals surface area contributed by atoms with Gasteiger partial charge in [0.25, 0.3) is 5.91 Å². The fourth-order valence-electron chi connectivity index (χ4n) is 2.89. The molecule has 2 rings (SSSR count). The predicted molar refractivity (Wildman–Crippen MR) is 99.4 cm³/mol. The van der Waals surface area contributed by atoms with E-state index in [0.717, 1.165) is 0 Å². The Morgan fingerprint density at radius 3 is 2.56 bits per heavy atom. The van der Waals surface area contributed by atoms with E-state index in [1.165, 1.54) is 6.92 Å². The molecule has 134 valence electrons. The van der Waals surface area contributed by atoms with Gasteiger partial charge in [-0.1, -0.05) is 46.8 Å². The number of benzene rings is 1. The van der Waals surface area contributed by atoms with Crippen molar-refractivity contribution in [2.45, 2.75) is 44.6 Å². The lowest BCUT2D eigenvalue weighted by atomic mass is 9.88. The monoisotopic (exact) mass is 407 g/mol. The van der Waals surface area contributed by atoms with Gasteiger partial charge in [-0.15, -0.1) is 6.58 Å². The summed E-state index contributed by atoms with van der Waals surface area (Å²) >= 11 is 3.31. The Morgan fingerprint density at radius 2 is 2.04 bits per heavy atom. The number of likely N-dealkylation sites (tertiary alicyclic amines) is 1. The van der Waals surface area contributed by atoms with Gasteiger partial charge in [-0.3, -0.25) is 9.59 Å². The second kappa shape index (κ2) is 8.34. The second-order valence-electron chi connectivity index (χ2n) is 5.93. The van der Waals surface area contributed by atoms with Gasteiger partial charge in [-0.2, -0.15) is 0 Å². The van der Waals surface area contributed by atoms with Gasteiger partial charge in [-0.25, -0.2) is 0 Å². The van der Waals surface area contributed by atoms with E-state index in [-0.39, 0.29) is 11.9 Å². The van der Waals surface area contributed by atoms with Crippen LogP contribution in [0.4, 0.5) is 0 Å². The molecule has 1 heterocycles. The van der Waals surface area contributed by atoms with Gasteiger partial charge in [0, 0.05) is 19.4 Å². The van der Waals surface area contributed by atoms with E-state index < -0.39 is 24.2 Å². The van der Waals surface area contributed by atoms with E-state index in [0.29, 0.717) is 16.7 Å². The summed E-state index contributed by atoms with van der Waals surface area (Å²) in [6.07, 6.45) is 0.781. The van der Waals surface area contributed by atoms with Crippen molar-refractivity contribution in [3.63, 3.8) is 0 Å². The van der Waals surface area contributed by atoms with E-state index in [2.05, 4.69) is 29.1 Å². The maximum absolute atomic E-state index is 12.6. The molecule has 0 bridgehead atoms. The molecule has 25 heavy (non-hydrogen) atoms. The Bertz CT molecular complexity index is 645. The zero-order chi connectivity index (χ0) is 18.6. The van der Waals surface area contributed by atoms with E-state index in [4.69, 9.17) is 9.47 Å². The van der Waals surface area contributed by atoms with Crippen LogP contribution in [0, 0.1) is 0 Å². The van der Waals surface area contributed by atoms with Crippen molar-refractivity contribution in [2.75, 3.05) is 0 Å². The highest BCUT2D eigenvalue weighted by atomic mass is 79.9. The first-order valence-corrected chi connectivity index (χ1v) is 8.81. The van der Waals surface area contributed by atoms with Gasteiger partial charge < -0.3 is 14.4 Å². The molecule has 1 aliphatic rings. The predicted octanol–water partition coefficient (Wildman–Crippen LogP) is 3.45. The number of carbonyl (C=O) groups excluding carboxylic acids is 2. The molecular weight excluding hydrogens is 386 g/mol. The van der Waals surface area contributed by atoms with E-state index in [1.807, 2.05) is 25.1 Å². The van der Waals surface area contributed by atoms with Gasteiger partial charge in [0.1, 0.15) is 17.9 Å². The quantitative estimate of drug-likeness (QED) is 0.376. The van der Waals surface area contributed by atoms with Crippen LogP contribution in [0.25, 0.3) is 0 Å². The second-order valence-corrected chi connectivity index (χ2v) is 7.05. The lowest BCUT2D eigenvalue weighted by molar-refractivity contribution is -0.183. The molecule has 1 amide bonds. The highest BCUT2D eigenvalue weighted by Crippen LogP contribution is 2.34. The van der Waals surface area contributed by atoms with Crippen molar-refractivity contribution in [2.24, 2.45) is 0 Å². The molecule has 5 nitrogen and oxygen atoms in total. The number of esters is 1. The van der Waals surface area contributed by atoms with Crippen LogP contribution in [-0.2, 0) is 14.3 Å². The summed E-state index contributed by atoms with van der Waals surface area (Å²) in [6, 6.07) is 8.50. The van der Waals surface area contributed by atoms with Crippen molar-refractivity contribution in [1.29, 1.82) is 0 Å². The smallest absolute Gasteiger partial charge is 0.302 e. The van der Waals surface area contributed by atoms with Gasteiger partial charge in [0.2, 0.25) is 6.10 Å². The molecule has 1 saturated heterocycles. The minimum Gasteiger partial charge on any atom is -0.478 e. The Labute approximate surface area is 156 Å². The van der Waals surface area contributed by atoms with Gasteiger partial charge >= 0.3 is 5.97 Å². The fraction of sp³-hybridized carbons (Fsp3) is 0.368. The largest absolute Gasteiger partial charge is 0.478 e. The number of amides is 1. The van der Waals surface area contributed by atoms with Crippen LogP contribution in [0.5, 0.6) is 5.75 Å². The first-order chi connectivity index (χ1) is 11.8. The first kappa shape index (κ1) is 19.2. The minimum atomic E-state index is -0.721. The van der Waals surface area contributed by atoms with E-state index in [1.54, 1.807) is 23.1 Å². The average Bonchev–Trinajstić information content (AvgIpc) is 2.56. The summed E-state index contributed by atoms with van der Waals surface area (Å²) in [5.74, 6) is 0.0253. The summed E-state index contributed by atoms with van der Waals surface area (Å²) < 4.78 is 12.0. The summed E-state index contributed by atoms with van der Waals surface area (Å²) in [7, 11) is 0. The third kappa shape index (κ3) is 4.51. The minimum absolute atomic E-state index is 0.154. The van der Waals surface area contributed by atoms with Crippen LogP contribution in [0.3, 0.4) is 0 Å². The number of β-lactam (4-membered cyclic amide) rings is 1. The summed E-state index contributed by atoms with van der Waals surface area (Å²) in [5.41, 5.74) is 0. The molecule has 0 radical (unpaired) electrons. The summed E-state index contributed by atoms with van der Waals surface area (Å²) in [6.45, 7) is 10.8. The molecule has 0 saturated carbocycles. The molecule has 1 aliphatic heterocycles. The van der Waals surface area contributed by atoms with Crippen molar-refractivity contribution in [1.82, 2.24) is 4.90 Å². The third-order valence-corrected chi connectivity index (χ3v) is 4.36. The zero-order valence-electron chi connectivity index (χ0n) is 14.4. The summed E-state index contributed by atoms with van der Waals surface area (Å²) in [4.78, 5) is 25.8. The first-order valence-electron chi connectivity index (χ1n) is 8.02. The van der Waals surface area contributed by atoms with Crippen LogP contribution in [0.15, 0.2) is 54.0 Å². The summed E-state index contributed by atoms with van der Waals surface area (Å²) in [5, 5.41) is 0. The average molecular weight is 408 g/mol. The van der Waals surface area contributed by atoms with E-state index in [9.17, 15) is 9.59 Å². The van der Waals surface area contributed by atoms with Crippen LogP contribution >= 0.6 is 15.9 Å². The van der Waals surface area contributed by atoms with Gasteiger partial charge in [0.05, 0.1) is 0 Å². The molecule has 0 aromatic heterocycles. The molecule has 1 unspecified atom stereocenters. The number of ether oxygens (including phenoxy) is 2. The number of hydrogen-bond donors (Lipinski definition) is 0. The number of carbonyl (C=O) groups is 2. The molecule has 1 aromatic carbocycles. The maximum Gasteiger partial charge on any atom is 0.302 e. The van der Waals surface area contributed by atoms with E-state index >= 15 is 0 Å². The van der Waals surface area contributed by atoms with Crippen LogP contribution < -0.4 is 4.74 Å².